The number of fused-ring (bicyclic) bond motifs is 4. The minimum Gasteiger partial charge on any atom is -0.340 e. The Labute approximate surface area is 170 Å². The van der Waals surface area contributed by atoms with Gasteiger partial charge in [-0.1, -0.05) is 36.4 Å². The predicted octanol–water partition coefficient (Wildman–Crippen LogP) is 4.34. The Kier molecular flexibility index (Phi) is 2.98. The Balaban J connectivity index is 1.35. The molecule has 5 heterocycles. The highest BCUT2D eigenvalue weighted by Crippen LogP contribution is 2.38. The SMILES string of the molecule is C1=Cc2ccc3cc2N2CN(C=C12)CN1C=C2C=Cc4ccc(cc4N2C1)CC3. The van der Waals surface area contributed by atoms with Gasteiger partial charge in [-0.3, -0.25) is 0 Å². The number of allylic oxidation sites excluding steroid dienone is 2. The molecular formula is C25H22N4. The molecule has 2 aromatic carbocycles. The number of hydrogen-bond donors (Lipinski definition) is 0. The molecule has 4 nitrogen and oxygen atoms in total. The van der Waals surface area contributed by atoms with Crippen LogP contribution >= 0.6 is 0 Å². The number of rotatable bonds is 0. The lowest BCUT2D eigenvalue weighted by Crippen LogP contribution is -2.37. The van der Waals surface area contributed by atoms with Crippen molar-refractivity contribution in [1.29, 1.82) is 0 Å². The van der Waals surface area contributed by atoms with Crippen LogP contribution in [0.3, 0.4) is 0 Å². The summed E-state index contributed by atoms with van der Waals surface area (Å²) in [6.45, 7) is 2.71. The van der Waals surface area contributed by atoms with Gasteiger partial charge in [-0.15, -0.1) is 0 Å². The normalized spacial score (nSPS) is 20.3. The fraction of sp³-hybridized carbons (Fsp3) is 0.200. The third-order valence-corrected chi connectivity index (χ3v) is 6.60. The lowest BCUT2D eigenvalue weighted by Gasteiger charge is -2.30. The van der Waals surface area contributed by atoms with Crippen LogP contribution in [0.15, 0.2) is 72.3 Å². The zero-order valence-electron chi connectivity index (χ0n) is 16.3. The fourth-order valence-corrected chi connectivity index (χ4v) is 5.10. The van der Waals surface area contributed by atoms with E-state index in [4.69, 9.17) is 0 Å². The maximum Gasteiger partial charge on any atom is 0.0964 e. The van der Waals surface area contributed by atoms with Crippen molar-refractivity contribution in [2.24, 2.45) is 0 Å². The molecule has 0 saturated carbocycles. The van der Waals surface area contributed by atoms with E-state index in [0.29, 0.717) is 0 Å². The topological polar surface area (TPSA) is 13.0 Å². The first-order valence-electron chi connectivity index (χ1n) is 10.4. The molecule has 2 aromatic rings. The Bertz CT molecular complexity index is 1080. The molecule has 0 aliphatic carbocycles. The van der Waals surface area contributed by atoms with E-state index >= 15 is 0 Å². The minimum atomic E-state index is 0.895. The number of aryl methyl sites for hydroxylation is 2. The third kappa shape index (κ3) is 2.32. The first-order chi connectivity index (χ1) is 14.3. The summed E-state index contributed by atoms with van der Waals surface area (Å²) >= 11 is 0. The van der Waals surface area contributed by atoms with E-state index in [2.05, 4.69) is 92.7 Å². The zero-order valence-corrected chi connectivity index (χ0v) is 16.3. The number of hydrogen-bond acceptors (Lipinski definition) is 4. The maximum atomic E-state index is 2.45. The van der Waals surface area contributed by atoms with Gasteiger partial charge in [0.2, 0.25) is 0 Å². The molecule has 5 aliphatic rings. The van der Waals surface area contributed by atoms with Gasteiger partial charge in [-0.25, -0.2) is 0 Å². The lowest BCUT2D eigenvalue weighted by molar-refractivity contribution is 0.250. The van der Waals surface area contributed by atoms with Gasteiger partial charge < -0.3 is 19.6 Å². The predicted molar refractivity (Wildman–Crippen MR) is 118 cm³/mol. The van der Waals surface area contributed by atoms with Gasteiger partial charge in [0.1, 0.15) is 0 Å². The van der Waals surface area contributed by atoms with Crippen LogP contribution in [0.25, 0.3) is 12.2 Å². The van der Waals surface area contributed by atoms with Crippen molar-refractivity contribution in [2.75, 3.05) is 29.8 Å². The average Bonchev–Trinajstić information content (AvgIpc) is 3.35. The van der Waals surface area contributed by atoms with Gasteiger partial charge in [-0.2, -0.15) is 0 Å². The molecule has 4 heteroatoms. The summed E-state index contributed by atoms with van der Waals surface area (Å²) in [6, 6.07) is 13.9. The quantitative estimate of drug-likeness (QED) is 0.676. The maximum absolute atomic E-state index is 2.45. The molecular weight excluding hydrogens is 356 g/mol. The highest BCUT2D eigenvalue weighted by Gasteiger charge is 2.29. The molecule has 0 unspecified atom stereocenters. The molecule has 142 valence electrons. The van der Waals surface area contributed by atoms with E-state index in [1.54, 1.807) is 0 Å². The molecule has 0 radical (unpaired) electrons. The summed E-state index contributed by atoms with van der Waals surface area (Å²) in [5, 5.41) is 0. The van der Waals surface area contributed by atoms with Gasteiger partial charge in [0.05, 0.1) is 42.8 Å². The van der Waals surface area contributed by atoms with E-state index in [-0.39, 0.29) is 0 Å². The second-order valence-corrected chi connectivity index (χ2v) is 8.52. The van der Waals surface area contributed by atoms with Crippen molar-refractivity contribution in [1.82, 2.24) is 9.80 Å². The third-order valence-electron chi connectivity index (χ3n) is 6.60. The van der Waals surface area contributed by atoms with Crippen LogP contribution in [0.1, 0.15) is 22.3 Å². The van der Waals surface area contributed by atoms with E-state index < -0.39 is 0 Å². The van der Waals surface area contributed by atoms with Gasteiger partial charge >= 0.3 is 0 Å². The van der Waals surface area contributed by atoms with Gasteiger partial charge in [0.25, 0.3) is 0 Å². The Hall–Kier alpha value is -3.40. The average molecular weight is 378 g/mol. The molecule has 29 heavy (non-hydrogen) atoms. The monoisotopic (exact) mass is 378 g/mol. The highest BCUT2D eigenvalue weighted by molar-refractivity contribution is 5.79. The lowest BCUT2D eigenvalue weighted by atomic mass is 9.97. The molecule has 7 rings (SSSR count). The second kappa shape index (κ2) is 5.57. The summed E-state index contributed by atoms with van der Waals surface area (Å²) in [5.41, 5.74) is 10.7. The van der Waals surface area contributed by atoms with E-state index in [0.717, 1.165) is 32.8 Å². The molecule has 0 amide bonds. The fourth-order valence-electron chi connectivity index (χ4n) is 5.10. The summed E-state index contributed by atoms with van der Waals surface area (Å²) in [6.07, 6.45) is 15.7. The Morgan fingerprint density at radius 2 is 1.07 bits per heavy atom. The second-order valence-electron chi connectivity index (χ2n) is 8.52. The van der Waals surface area contributed by atoms with Gasteiger partial charge in [-0.05, 0) is 59.4 Å². The summed E-state index contributed by atoms with van der Waals surface area (Å²) < 4.78 is 0. The van der Waals surface area contributed by atoms with Crippen LogP contribution in [-0.4, -0.2) is 29.8 Å². The molecule has 0 atom stereocenters. The summed E-state index contributed by atoms with van der Waals surface area (Å²) in [4.78, 5) is 9.73. The Morgan fingerprint density at radius 3 is 1.59 bits per heavy atom. The van der Waals surface area contributed by atoms with Crippen LogP contribution in [0.4, 0.5) is 11.4 Å². The number of benzene rings is 2. The first kappa shape index (κ1) is 15.5. The van der Waals surface area contributed by atoms with Crippen molar-refractivity contribution in [2.45, 2.75) is 12.8 Å². The standard InChI is InChI=1S/C25H22N4/c1-2-19-4-6-21-8-10-23-14-27(17-29(23)25(21)12-19)15-26-13-22-9-7-20-5-3-18(1)11-24(20)28(22)16-26/h3-14H,1-2,15-17H2. The summed E-state index contributed by atoms with van der Waals surface area (Å²) in [7, 11) is 0. The van der Waals surface area contributed by atoms with Crippen molar-refractivity contribution in [3.63, 3.8) is 0 Å². The van der Waals surface area contributed by atoms with Crippen LogP contribution in [0, 0.1) is 0 Å². The number of anilines is 2. The largest absolute Gasteiger partial charge is 0.340 e. The number of nitrogens with zero attached hydrogens (tertiary/aromatic N) is 4. The molecule has 0 N–H and O–H groups in total. The highest BCUT2D eigenvalue weighted by atomic mass is 15.5. The molecule has 8 bridgehead atoms. The summed E-state index contributed by atoms with van der Waals surface area (Å²) in [5.74, 6) is 0. The first-order valence-corrected chi connectivity index (χ1v) is 10.4. The van der Waals surface area contributed by atoms with Crippen LogP contribution < -0.4 is 9.80 Å². The van der Waals surface area contributed by atoms with Crippen LogP contribution in [0.2, 0.25) is 0 Å². The van der Waals surface area contributed by atoms with E-state index in [1.165, 1.54) is 45.0 Å². The zero-order chi connectivity index (χ0) is 18.9. The van der Waals surface area contributed by atoms with Gasteiger partial charge in [0, 0.05) is 12.4 Å². The smallest absolute Gasteiger partial charge is 0.0964 e. The van der Waals surface area contributed by atoms with Gasteiger partial charge in [0.15, 0.2) is 0 Å². The molecule has 0 aromatic heterocycles. The molecule has 0 spiro atoms. The van der Waals surface area contributed by atoms with Crippen molar-refractivity contribution in [3.8, 4) is 0 Å². The molecule has 5 aliphatic heterocycles. The van der Waals surface area contributed by atoms with E-state index in [1.807, 2.05) is 0 Å². The van der Waals surface area contributed by atoms with Crippen molar-refractivity contribution < 1.29 is 0 Å². The minimum absolute atomic E-state index is 0.895. The van der Waals surface area contributed by atoms with E-state index in [9.17, 15) is 0 Å². The van der Waals surface area contributed by atoms with Crippen LogP contribution in [-0.2, 0) is 12.8 Å². The molecule has 0 fully saturated rings. The van der Waals surface area contributed by atoms with Crippen molar-refractivity contribution >= 4 is 23.5 Å². The Morgan fingerprint density at radius 1 is 0.552 bits per heavy atom. The van der Waals surface area contributed by atoms with Crippen molar-refractivity contribution in [3.05, 3.63) is 94.6 Å². The molecule has 0 saturated heterocycles. The van der Waals surface area contributed by atoms with Crippen LogP contribution in [0.5, 0.6) is 0 Å².